The highest BCUT2D eigenvalue weighted by atomic mass is 15.0. The van der Waals surface area contributed by atoms with Crippen molar-refractivity contribution in [2.24, 2.45) is 0 Å². The number of fused-ring (bicyclic) bond motifs is 13. The van der Waals surface area contributed by atoms with E-state index in [9.17, 15) is 0 Å². The topological polar surface area (TPSA) is 38.7 Å². The Hall–Kier alpha value is -8.01. The summed E-state index contributed by atoms with van der Waals surface area (Å²) >= 11 is 0. The smallest absolute Gasteiger partial charge is 0.164 e. The molecule has 61 heavy (non-hydrogen) atoms. The lowest BCUT2D eigenvalue weighted by atomic mass is 9.70. The minimum atomic E-state index is -0.409. The van der Waals surface area contributed by atoms with Crippen LogP contribution in [0.2, 0.25) is 0 Å². The molecule has 0 amide bonds. The lowest BCUT2D eigenvalue weighted by molar-refractivity contribution is 0.794. The molecule has 13 rings (SSSR count). The number of rotatable bonds is 4. The van der Waals surface area contributed by atoms with E-state index in [1.54, 1.807) is 0 Å². The Balaban J connectivity index is 1.03. The maximum Gasteiger partial charge on any atom is 0.164 e. The summed E-state index contributed by atoms with van der Waals surface area (Å²) < 4.78 is 0. The molecule has 282 valence electrons. The van der Waals surface area contributed by atoms with Crippen LogP contribution in [0.15, 0.2) is 212 Å². The second-order valence-electron chi connectivity index (χ2n) is 16.3. The molecule has 0 N–H and O–H groups in total. The molecule has 1 heterocycles. The molecule has 0 atom stereocenters. The summed E-state index contributed by atoms with van der Waals surface area (Å²) in [5, 5.41) is 6.90. The summed E-state index contributed by atoms with van der Waals surface area (Å²) in [5.74, 6) is 1.93. The summed E-state index contributed by atoms with van der Waals surface area (Å²) in [4.78, 5) is 15.7. The first-order valence-electron chi connectivity index (χ1n) is 20.9. The molecule has 11 aromatic rings. The highest BCUT2D eigenvalue weighted by Crippen LogP contribution is 2.64. The Kier molecular flexibility index (Phi) is 7.22. The molecule has 0 fully saturated rings. The first kappa shape index (κ1) is 33.9. The second kappa shape index (κ2) is 13.0. The van der Waals surface area contributed by atoms with Crippen molar-refractivity contribution in [1.29, 1.82) is 0 Å². The van der Waals surface area contributed by atoms with Crippen LogP contribution >= 0.6 is 0 Å². The molecule has 0 radical (unpaired) electrons. The third kappa shape index (κ3) is 4.89. The van der Waals surface area contributed by atoms with Gasteiger partial charge in [0, 0.05) is 16.7 Å². The number of hydrogen-bond acceptors (Lipinski definition) is 3. The summed E-state index contributed by atoms with van der Waals surface area (Å²) in [6.45, 7) is 0. The van der Waals surface area contributed by atoms with E-state index in [0.717, 1.165) is 38.2 Å². The molecule has 10 aromatic carbocycles. The van der Waals surface area contributed by atoms with Crippen LogP contribution in [0.1, 0.15) is 22.3 Å². The first-order chi connectivity index (χ1) is 30.2. The fraction of sp³-hybridized carbons (Fsp3) is 0.0172. The van der Waals surface area contributed by atoms with E-state index in [2.05, 4.69) is 212 Å². The van der Waals surface area contributed by atoms with Gasteiger partial charge in [-0.05, 0) is 106 Å². The zero-order chi connectivity index (χ0) is 40.1. The highest BCUT2D eigenvalue weighted by Gasteiger charge is 2.52. The quantitative estimate of drug-likeness (QED) is 0.179. The van der Waals surface area contributed by atoms with Gasteiger partial charge in [-0.3, -0.25) is 0 Å². The fourth-order valence-corrected chi connectivity index (χ4v) is 10.5. The number of benzene rings is 10. The maximum absolute atomic E-state index is 5.28. The van der Waals surface area contributed by atoms with Crippen LogP contribution in [0, 0.1) is 0 Å². The predicted octanol–water partition coefficient (Wildman–Crippen LogP) is 14.3. The molecule has 2 aliphatic carbocycles. The molecule has 1 spiro atoms. The van der Waals surface area contributed by atoms with Crippen LogP contribution in [-0.4, -0.2) is 15.0 Å². The zero-order valence-electron chi connectivity index (χ0n) is 33.0. The van der Waals surface area contributed by atoms with Gasteiger partial charge in [0.1, 0.15) is 0 Å². The maximum atomic E-state index is 5.28. The van der Waals surface area contributed by atoms with Crippen molar-refractivity contribution in [2.45, 2.75) is 5.41 Å². The van der Waals surface area contributed by atoms with Gasteiger partial charge in [-0.15, -0.1) is 0 Å². The van der Waals surface area contributed by atoms with Crippen LogP contribution in [0.25, 0.3) is 99.9 Å². The molecule has 3 nitrogen and oxygen atoms in total. The molecule has 0 aliphatic heterocycles. The molecule has 3 heteroatoms. The third-order valence-corrected chi connectivity index (χ3v) is 13.1. The average Bonchev–Trinajstić information content (AvgIpc) is 3.81. The van der Waals surface area contributed by atoms with E-state index < -0.39 is 5.41 Å². The average molecular weight is 774 g/mol. The van der Waals surface area contributed by atoms with E-state index in [0.29, 0.717) is 17.5 Å². The molecule has 0 unspecified atom stereocenters. The van der Waals surface area contributed by atoms with Gasteiger partial charge in [0.2, 0.25) is 0 Å². The van der Waals surface area contributed by atoms with E-state index in [-0.39, 0.29) is 0 Å². The fourth-order valence-electron chi connectivity index (χ4n) is 10.5. The van der Waals surface area contributed by atoms with Gasteiger partial charge in [0.15, 0.2) is 17.5 Å². The van der Waals surface area contributed by atoms with E-state index in [1.807, 2.05) is 0 Å². The Morgan fingerprint density at radius 3 is 1.30 bits per heavy atom. The second-order valence-corrected chi connectivity index (χ2v) is 16.3. The molecule has 0 saturated heterocycles. The van der Waals surface area contributed by atoms with E-state index in [1.165, 1.54) is 66.4 Å². The zero-order valence-corrected chi connectivity index (χ0v) is 33.0. The van der Waals surface area contributed by atoms with Gasteiger partial charge >= 0.3 is 0 Å². The Morgan fingerprint density at radius 1 is 0.262 bits per heavy atom. The molecule has 0 bridgehead atoms. The number of hydrogen-bond donors (Lipinski definition) is 0. The lowest BCUT2D eigenvalue weighted by Crippen LogP contribution is -2.25. The summed E-state index contributed by atoms with van der Waals surface area (Å²) in [6.07, 6.45) is 0. The molecular formula is C58H35N3. The normalized spacial score (nSPS) is 13.0. The van der Waals surface area contributed by atoms with Gasteiger partial charge in [-0.2, -0.15) is 0 Å². The standard InChI is InChI=1S/C58H35N3/c1-3-16-38-34-40(30-28-36(38)14-1)55-59-56(41-31-29-37-15-2-4-17-39(37)35-41)61-57(60-55)48-33-32-44(42-18-5-6-19-43(42)48)47-23-13-27-53-54(47)49-22-9-12-26-52(49)58(53)50-24-10-7-20-45(50)46-21-8-11-25-51(46)58/h1-35H. The molecule has 1 aromatic heterocycles. The van der Waals surface area contributed by atoms with Gasteiger partial charge in [-0.25, -0.2) is 15.0 Å². The number of nitrogens with zero attached hydrogens (tertiary/aromatic N) is 3. The molecule has 2 aliphatic rings. The molecule has 0 saturated carbocycles. The van der Waals surface area contributed by atoms with Crippen LogP contribution in [0.3, 0.4) is 0 Å². The van der Waals surface area contributed by atoms with Gasteiger partial charge in [-0.1, -0.05) is 194 Å². The summed E-state index contributed by atoms with van der Waals surface area (Å²) in [5.41, 5.74) is 15.4. The number of aromatic nitrogens is 3. The Bertz CT molecular complexity index is 3480. The van der Waals surface area contributed by atoms with Crippen LogP contribution in [-0.2, 0) is 5.41 Å². The predicted molar refractivity (Wildman–Crippen MR) is 250 cm³/mol. The van der Waals surface area contributed by atoms with Crippen molar-refractivity contribution < 1.29 is 0 Å². The van der Waals surface area contributed by atoms with Gasteiger partial charge in [0.05, 0.1) is 5.41 Å². The molecular weight excluding hydrogens is 739 g/mol. The van der Waals surface area contributed by atoms with Crippen molar-refractivity contribution in [2.75, 3.05) is 0 Å². The first-order valence-corrected chi connectivity index (χ1v) is 20.9. The SMILES string of the molecule is c1ccc2c(c1)-c1ccccc1C21c2ccccc2-c2c(-c3ccc(-c4nc(-c5ccc6ccccc6c5)nc(-c5ccc6ccccc6c5)n4)c4ccccc34)cccc21. The van der Waals surface area contributed by atoms with Gasteiger partial charge in [0.25, 0.3) is 0 Å². The van der Waals surface area contributed by atoms with Crippen LogP contribution in [0.4, 0.5) is 0 Å². The van der Waals surface area contributed by atoms with Crippen molar-refractivity contribution >= 4 is 32.3 Å². The van der Waals surface area contributed by atoms with E-state index >= 15 is 0 Å². The van der Waals surface area contributed by atoms with E-state index in [4.69, 9.17) is 15.0 Å². The lowest BCUT2D eigenvalue weighted by Gasteiger charge is -2.30. The summed E-state index contributed by atoms with van der Waals surface area (Å²) in [6, 6.07) is 77.0. The van der Waals surface area contributed by atoms with Crippen molar-refractivity contribution in [3.63, 3.8) is 0 Å². The van der Waals surface area contributed by atoms with Crippen molar-refractivity contribution in [3.8, 4) is 67.5 Å². The highest BCUT2D eigenvalue weighted by molar-refractivity contribution is 6.09. The third-order valence-electron chi connectivity index (χ3n) is 13.1. The van der Waals surface area contributed by atoms with Crippen LogP contribution in [0.5, 0.6) is 0 Å². The minimum absolute atomic E-state index is 0.409. The minimum Gasteiger partial charge on any atom is -0.208 e. The van der Waals surface area contributed by atoms with Crippen molar-refractivity contribution in [1.82, 2.24) is 15.0 Å². The Labute approximate surface area is 353 Å². The van der Waals surface area contributed by atoms with Gasteiger partial charge < -0.3 is 0 Å². The summed E-state index contributed by atoms with van der Waals surface area (Å²) in [7, 11) is 0. The van der Waals surface area contributed by atoms with Crippen molar-refractivity contribution in [3.05, 3.63) is 235 Å². The monoisotopic (exact) mass is 773 g/mol. The largest absolute Gasteiger partial charge is 0.208 e. The Morgan fingerprint density at radius 2 is 0.689 bits per heavy atom. The van der Waals surface area contributed by atoms with Crippen LogP contribution < -0.4 is 0 Å².